The van der Waals surface area contributed by atoms with Crippen LogP contribution in [0.25, 0.3) is 0 Å². The fraction of sp³-hybridized carbons (Fsp3) is 0.423. The standard InChI is InChI=1S/C26H24ClF3N2O5/c27-15-3-8-19-21(13-15)32(25(36)14-1-6-17(7-2-14)37-26(28,29)30)20-10-9-18(20)24(19)31(16-4-5-16)22(33)11-12-23(34)35/h1-3,6-8,13,16,18,20,24H,4-5,9-12H2,(H,34,35)/t18-,20+,24+/m0/s1. The van der Waals surface area contributed by atoms with Gasteiger partial charge in [-0.05, 0) is 67.6 Å². The molecule has 0 bridgehead atoms. The molecule has 2 aromatic carbocycles. The van der Waals surface area contributed by atoms with Gasteiger partial charge in [0.15, 0.2) is 0 Å². The molecule has 11 heteroatoms. The second kappa shape index (κ2) is 9.55. The van der Waals surface area contributed by atoms with Gasteiger partial charge in [0.1, 0.15) is 5.75 Å². The predicted octanol–water partition coefficient (Wildman–Crippen LogP) is 5.57. The first-order chi connectivity index (χ1) is 17.5. The van der Waals surface area contributed by atoms with Gasteiger partial charge in [0.2, 0.25) is 5.91 Å². The molecule has 5 rings (SSSR count). The van der Waals surface area contributed by atoms with Crippen molar-refractivity contribution >= 4 is 35.1 Å². The van der Waals surface area contributed by atoms with Crippen molar-refractivity contribution < 1.29 is 37.4 Å². The first-order valence-corrected chi connectivity index (χ1v) is 12.4. The minimum atomic E-state index is -4.84. The van der Waals surface area contributed by atoms with E-state index in [0.29, 0.717) is 17.1 Å². The normalized spacial score (nSPS) is 22.4. The van der Waals surface area contributed by atoms with Crippen LogP contribution >= 0.6 is 11.6 Å². The van der Waals surface area contributed by atoms with Crippen molar-refractivity contribution in [2.24, 2.45) is 5.92 Å². The minimum Gasteiger partial charge on any atom is -0.481 e. The molecular weight excluding hydrogens is 513 g/mol. The number of anilines is 1. The number of carbonyl (C=O) groups excluding carboxylic acids is 2. The van der Waals surface area contributed by atoms with Crippen molar-refractivity contribution in [1.29, 1.82) is 0 Å². The van der Waals surface area contributed by atoms with Crippen LogP contribution in [0.5, 0.6) is 5.75 Å². The number of benzene rings is 2. The highest BCUT2D eigenvalue weighted by Crippen LogP contribution is 2.55. The van der Waals surface area contributed by atoms with Crippen LogP contribution in [0.4, 0.5) is 18.9 Å². The smallest absolute Gasteiger partial charge is 0.481 e. The summed E-state index contributed by atoms with van der Waals surface area (Å²) in [5, 5.41) is 9.49. The molecule has 37 heavy (non-hydrogen) atoms. The van der Waals surface area contributed by atoms with E-state index in [-0.39, 0.29) is 54.3 Å². The van der Waals surface area contributed by atoms with Crippen LogP contribution in [0.15, 0.2) is 42.5 Å². The maximum atomic E-state index is 13.7. The molecule has 0 aromatic heterocycles. The Bertz CT molecular complexity index is 1230. The zero-order valence-electron chi connectivity index (χ0n) is 19.6. The third kappa shape index (κ3) is 5.12. The minimum absolute atomic E-state index is 0.0273. The van der Waals surface area contributed by atoms with Gasteiger partial charge >= 0.3 is 12.3 Å². The SMILES string of the molecule is O=C(O)CCC(=O)N(C1CC1)[C@H]1c2ccc(Cl)cc2N(C(=O)c2ccc(OC(F)(F)F)cc2)[C@@H]2CC[C@@H]21. The fourth-order valence-corrected chi connectivity index (χ4v) is 5.58. The number of rotatable bonds is 7. The number of hydrogen-bond acceptors (Lipinski definition) is 4. The summed E-state index contributed by atoms with van der Waals surface area (Å²) in [4.78, 5) is 41.4. The molecule has 0 unspecified atom stereocenters. The van der Waals surface area contributed by atoms with E-state index in [2.05, 4.69) is 4.74 Å². The van der Waals surface area contributed by atoms with Crippen LogP contribution in [0, 0.1) is 5.92 Å². The van der Waals surface area contributed by atoms with Crippen molar-refractivity contribution in [3.63, 3.8) is 0 Å². The molecule has 2 aliphatic carbocycles. The van der Waals surface area contributed by atoms with Gasteiger partial charge in [-0.2, -0.15) is 0 Å². The molecule has 1 heterocycles. The number of carbonyl (C=O) groups is 3. The van der Waals surface area contributed by atoms with Crippen molar-refractivity contribution in [2.45, 2.75) is 63.0 Å². The summed E-state index contributed by atoms with van der Waals surface area (Å²) in [6.45, 7) is 0. The first-order valence-electron chi connectivity index (χ1n) is 12.1. The van der Waals surface area contributed by atoms with Crippen molar-refractivity contribution in [3.8, 4) is 5.75 Å². The number of amides is 2. The average molecular weight is 537 g/mol. The molecule has 196 valence electrons. The van der Waals surface area contributed by atoms with Crippen molar-refractivity contribution in [3.05, 3.63) is 58.6 Å². The number of alkyl halides is 3. The third-order valence-electron chi connectivity index (χ3n) is 7.23. The molecule has 0 spiro atoms. The third-order valence-corrected chi connectivity index (χ3v) is 7.47. The van der Waals surface area contributed by atoms with E-state index in [4.69, 9.17) is 16.7 Å². The summed E-state index contributed by atoms with van der Waals surface area (Å²) >= 11 is 6.32. The second-order valence-corrected chi connectivity index (χ2v) is 10.1. The summed E-state index contributed by atoms with van der Waals surface area (Å²) in [7, 11) is 0. The van der Waals surface area contributed by atoms with Crippen LogP contribution in [0.2, 0.25) is 5.02 Å². The topological polar surface area (TPSA) is 87.2 Å². The van der Waals surface area contributed by atoms with Gasteiger partial charge in [-0.15, -0.1) is 13.2 Å². The fourth-order valence-electron chi connectivity index (χ4n) is 5.42. The highest BCUT2D eigenvalue weighted by atomic mass is 35.5. The number of nitrogens with zero attached hydrogens (tertiary/aromatic N) is 2. The Balaban J connectivity index is 1.49. The number of halogens is 4. The zero-order valence-corrected chi connectivity index (χ0v) is 20.3. The van der Waals surface area contributed by atoms with Gasteiger partial charge in [-0.3, -0.25) is 14.4 Å². The van der Waals surface area contributed by atoms with Crippen LogP contribution in [-0.4, -0.2) is 46.2 Å². The van der Waals surface area contributed by atoms with Crippen LogP contribution < -0.4 is 9.64 Å². The number of aliphatic carboxylic acids is 1. The molecule has 2 fully saturated rings. The summed E-state index contributed by atoms with van der Waals surface area (Å²) in [5.41, 5.74) is 1.50. The van der Waals surface area contributed by atoms with E-state index in [0.717, 1.165) is 37.0 Å². The van der Waals surface area contributed by atoms with Crippen LogP contribution in [0.3, 0.4) is 0 Å². The molecule has 1 N–H and O–H groups in total. The van der Waals surface area contributed by atoms with Gasteiger partial charge < -0.3 is 19.6 Å². The molecule has 2 aromatic rings. The molecular formula is C26H24ClF3N2O5. The average Bonchev–Trinajstić information content (AvgIpc) is 3.63. The Hall–Kier alpha value is -3.27. The lowest BCUT2D eigenvalue weighted by Gasteiger charge is -2.55. The highest BCUT2D eigenvalue weighted by molar-refractivity contribution is 6.31. The second-order valence-electron chi connectivity index (χ2n) is 9.63. The van der Waals surface area contributed by atoms with Gasteiger partial charge in [-0.1, -0.05) is 17.7 Å². The maximum Gasteiger partial charge on any atom is 0.573 e. The number of hydrogen-bond donors (Lipinski definition) is 1. The Morgan fingerprint density at radius 1 is 1.03 bits per heavy atom. The number of carboxylic acid groups (broad SMARTS) is 1. The Morgan fingerprint density at radius 2 is 1.73 bits per heavy atom. The lowest BCUT2D eigenvalue weighted by atomic mass is 9.67. The first kappa shape index (κ1) is 25.4. The van der Waals surface area contributed by atoms with Crippen LogP contribution in [-0.2, 0) is 9.59 Å². The van der Waals surface area contributed by atoms with E-state index in [9.17, 15) is 27.6 Å². The summed E-state index contributed by atoms with van der Waals surface area (Å²) in [6, 6.07) is 9.43. The molecule has 2 saturated carbocycles. The zero-order chi connectivity index (χ0) is 26.5. The quantitative estimate of drug-likeness (QED) is 0.499. The number of fused-ring (bicyclic) bond motifs is 2. The molecule has 2 amide bonds. The number of ether oxygens (including phenoxy) is 1. The molecule has 3 atom stereocenters. The van der Waals surface area contributed by atoms with Gasteiger partial charge in [0.25, 0.3) is 5.91 Å². The largest absolute Gasteiger partial charge is 0.573 e. The highest BCUT2D eigenvalue weighted by Gasteiger charge is 2.53. The van der Waals surface area contributed by atoms with Crippen molar-refractivity contribution in [2.75, 3.05) is 4.90 Å². The maximum absolute atomic E-state index is 13.7. The summed E-state index contributed by atoms with van der Waals surface area (Å²) < 4.78 is 41.5. The monoisotopic (exact) mass is 536 g/mol. The predicted molar refractivity (Wildman–Crippen MR) is 127 cm³/mol. The van der Waals surface area contributed by atoms with E-state index < -0.39 is 18.1 Å². The van der Waals surface area contributed by atoms with E-state index in [1.807, 2.05) is 4.90 Å². The molecule has 3 aliphatic rings. The van der Waals surface area contributed by atoms with E-state index in [1.165, 1.54) is 12.1 Å². The Morgan fingerprint density at radius 3 is 2.30 bits per heavy atom. The van der Waals surface area contributed by atoms with E-state index >= 15 is 0 Å². The van der Waals surface area contributed by atoms with E-state index in [1.54, 1.807) is 23.1 Å². The van der Waals surface area contributed by atoms with Crippen molar-refractivity contribution in [1.82, 2.24) is 4.90 Å². The molecule has 7 nitrogen and oxygen atoms in total. The lowest BCUT2D eigenvalue weighted by molar-refractivity contribution is -0.274. The number of carboxylic acids is 1. The molecule has 0 saturated heterocycles. The Kier molecular flexibility index (Phi) is 6.55. The summed E-state index contributed by atoms with van der Waals surface area (Å²) in [6.07, 6.45) is -2.05. The van der Waals surface area contributed by atoms with Gasteiger partial charge in [0.05, 0.1) is 18.2 Å². The van der Waals surface area contributed by atoms with Crippen LogP contribution in [0.1, 0.15) is 60.5 Å². The Labute approximate surface area is 215 Å². The molecule has 1 aliphatic heterocycles. The lowest BCUT2D eigenvalue weighted by Crippen LogP contribution is -2.59. The molecule has 0 radical (unpaired) electrons. The van der Waals surface area contributed by atoms with Gasteiger partial charge in [-0.25, -0.2) is 0 Å². The summed E-state index contributed by atoms with van der Waals surface area (Å²) in [5.74, 6) is -2.12. The van der Waals surface area contributed by atoms with Gasteiger partial charge in [0, 0.05) is 35.0 Å².